The summed E-state index contributed by atoms with van der Waals surface area (Å²) < 4.78 is 75.0. The third-order valence-electron chi connectivity index (χ3n) is 3.79. The van der Waals surface area contributed by atoms with Crippen LogP contribution in [0.4, 0.5) is 43.4 Å². The number of aromatic nitrogens is 3. The lowest BCUT2D eigenvalue weighted by atomic mass is 10.1. The van der Waals surface area contributed by atoms with Gasteiger partial charge in [0.1, 0.15) is 16.1 Å². The first-order chi connectivity index (χ1) is 15.4. The molecule has 0 aliphatic heterocycles. The second kappa shape index (κ2) is 8.92. The molecule has 0 amide bonds. The minimum Gasteiger partial charge on any atom is -0.410 e. The molecule has 34 heavy (non-hydrogen) atoms. The fourth-order valence-electron chi connectivity index (χ4n) is 2.36. The second-order valence-corrected chi connectivity index (χ2v) is 6.31. The van der Waals surface area contributed by atoms with Crippen LogP contribution < -0.4 is 0 Å². The van der Waals surface area contributed by atoms with Gasteiger partial charge in [-0.05, 0) is 5.21 Å². The topological polar surface area (TPSA) is 180 Å². The van der Waals surface area contributed by atoms with Crippen LogP contribution in [-0.4, -0.2) is 35.1 Å². The van der Waals surface area contributed by atoms with E-state index in [2.05, 4.69) is 10.3 Å². The average molecular weight is 519 g/mol. The minimum atomic E-state index is -5.01. The molecule has 0 saturated heterocycles. The molecule has 1 heterocycles. The number of non-ortho nitro benzene ring substituents is 2. The normalized spacial score (nSPS) is 11.6. The van der Waals surface area contributed by atoms with Crippen LogP contribution in [0.2, 0.25) is 5.02 Å². The lowest BCUT2D eigenvalue weighted by Crippen LogP contribution is -2.08. The molecule has 0 saturated carbocycles. The fraction of sp³-hybridized carbons (Fsp3) is 0.143. The maximum absolute atomic E-state index is 12.6. The molecular formula is C14H5ClF6N6O7. The van der Waals surface area contributed by atoms with Crippen LogP contribution in [0.25, 0.3) is 11.0 Å². The van der Waals surface area contributed by atoms with Crippen LogP contribution in [0.15, 0.2) is 24.3 Å². The Morgan fingerprint density at radius 2 is 1.29 bits per heavy atom. The van der Waals surface area contributed by atoms with Crippen molar-refractivity contribution in [1.82, 2.24) is 15.2 Å². The Bertz CT molecular complexity index is 1310. The maximum atomic E-state index is 12.6. The van der Waals surface area contributed by atoms with Crippen molar-refractivity contribution in [3.8, 4) is 0 Å². The fourth-order valence-corrected chi connectivity index (χ4v) is 2.64. The van der Waals surface area contributed by atoms with Gasteiger partial charge in [-0.2, -0.15) is 26.3 Å². The van der Waals surface area contributed by atoms with Gasteiger partial charge >= 0.3 is 12.4 Å². The number of rotatable bonds is 3. The number of nitro benzene ring substituents is 3. The second-order valence-electron chi connectivity index (χ2n) is 5.93. The Morgan fingerprint density at radius 1 is 0.824 bits per heavy atom. The molecule has 0 fully saturated rings. The first-order valence-corrected chi connectivity index (χ1v) is 8.32. The summed E-state index contributed by atoms with van der Waals surface area (Å²) in [5, 5.41) is 45.2. The van der Waals surface area contributed by atoms with Crippen molar-refractivity contribution < 1.29 is 46.3 Å². The van der Waals surface area contributed by atoms with E-state index in [1.165, 1.54) is 0 Å². The Morgan fingerprint density at radius 3 is 1.74 bits per heavy atom. The van der Waals surface area contributed by atoms with Crippen molar-refractivity contribution in [1.29, 1.82) is 0 Å². The molecule has 0 aliphatic carbocycles. The molecule has 0 spiro atoms. The molecular weight excluding hydrogens is 514 g/mol. The van der Waals surface area contributed by atoms with Crippen LogP contribution in [0, 0.1) is 30.3 Å². The molecule has 0 aliphatic rings. The minimum absolute atomic E-state index is 0.0531. The first kappa shape index (κ1) is 26.0. The van der Waals surface area contributed by atoms with E-state index in [4.69, 9.17) is 16.8 Å². The van der Waals surface area contributed by atoms with Gasteiger partial charge in [0.15, 0.2) is 0 Å². The number of hydrogen-bond acceptors (Lipinski definition) is 9. The van der Waals surface area contributed by atoms with E-state index in [0.29, 0.717) is 12.1 Å². The molecule has 0 radical (unpaired) electrons. The van der Waals surface area contributed by atoms with Gasteiger partial charge < -0.3 is 5.21 Å². The lowest BCUT2D eigenvalue weighted by Gasteiger charge is -2.08. The van der Waals surface area contributed by atoms with Crippen LogP contribution >= 0.6 is 11.6 Å². The number of nitro groups is 3. The number of halogens is 7. The Kier molecular flexibility index (Phi) is 6.81. The van der Waals surface area contributed by atoms with Gasteiger partial charge in [-0.25, -0.2) is 0 Å². The highest BCUT2D eigenvalue weighted by atomic mass is 35.5. The Balaban J connectivity index is 0.000000240. The SMILES string of the molecule is O=[N+]([O-])c1cc(C(F)(F)F)c2nnn(O)c2c1.O=[N+]([O-])c1cc([N+](=O)[O-])c(Cl)c(C(F)(F)F)c1. The van der Waals surface area contributed by atoms with E-state index >= 15 is 0 Å². The van der Waals surface area contributed by atoms with Crippen molar-refractivity contribution in [3.05, 3.63) is 70.8 Å². The Labute approximate surface area is 185 Å². The van der Waals surface area contributed by atoms with Gasteiger partial charge in [-0.3, -0.25) is 30.3 Å². The molecule has 0 atom stereocenters. The van der Waals surface area contributed by atoms with E-state index in [0.717, 1.165) is 6.07 Å². The largest absolute Gasteiger partial charge is 0.418 e. The smallest absolute Gasteiger partial charge is 0.410 e. The molecule has 13 nitrogen and oxygen atoms in total. The zero-order valence-electron chi connectivity index (χ0n) is 15.5. The van der Waals surface area contributed by atoms with Crippen molar-refractivity contribution in [3.63, 3.8) is 0 Å². The van der Waals surface area contributed by atoms with Crippen LogP contribution in [-0.2, 0) is 12.4 Å². The number of alkyl halides is 6. The molecule has 3 aromatic rings. The quantitative estimate of drug-likeness (QED) is 0.221. The Hall–Kier alpha value is -4.29. The predicted octanol–water partition coefficient (Wildman–Crippen LogP) is 4.77. The molecule has 1 aromatic heterocycles. The summed E-state index contributed by atoms with van der Waals surface area (Å²) in [4.78, 5) is 27.9. The van der Waals surface area contributed by atoms with E-state index in [1.807, 2.05) is 0 Å². The number of hydrogen-bond donors (Lipinski definition) is 1. The summed E-state index contributed by atoms with van der Waals surface area (Å²) in [5.41, 5.74) is -7.07. The van der Waals surface area contributed by atoms with Gasteiger partial charge in [0, 0.05) is 18.2 Å². The van der Waals surface area contributed by atoms with Crippen molar-refractivity contribution >= 4 is 39.7 Å². The summed E-state index contributed by atoms with van der Waals surface area (Å²) in [6, 6.07) is 1.62. The van der Waals surface area contributed by atoms with E-state index in [9.17, 15) is 56.7 Å². The monoisotopic (exact) mass is 518 g/mol. The molecule has 0 unspecified atom stereocenters. The molecule has 182 valence electrons. The van der Waals surface area contributed by atoms with E-state index < -0.39 is 71.4 Å². The number of fused-ring (bicyclic) bond motifs is 1. The first-order valence-electron chi connectivity index (χ1n) is 7.95. The van der Waals surface area contributed by atoms with E-state index in [-0.39, 0.29) is 10.9 Å². The summed E-state index contributed by atoms with van der Waals surface area (Å²) in [6.07, 6.45) is -9.83. The van der Waals surface area contributed by atoms with Crippen molar-refractivity contribution in [2.45, 2.75) is 12.4 Å². The van der Waals surface area contributed by atoms with Gasteiger partial charge in [0.05, 0.1) is 32.0 Å². The van der Waals surface area contributed by atoms with Gasteiger partial charge in [-0.1, -0.05) is 16.4 Å². The molecule has 1 N–H and O–H groups in total. The maximum Gasteiger partial charge on any atom is 0.418 e. The van der Waals surface area contributed by atoms with Gasteiger partial charge in [0.2, 0.25) is 0 Å². The van der Waals surface area contributed by atoms with Gasteiger partial charge in [0.25, 0.3) is 17.1 Å². The van der Waals surface area contributed by atoms with Crippen molar-refractivity contribution in [2.24, 2.45) is 0 Å². The highest BCUT2D eigenvalue weighted by Crippen LogP contribution is 2.41. The lowest BCUT2D eigenvalue weighted by molar-refractivity contribution is -0.394. The summed E-state index contributed by atoms with van der Waals surface area (Å²) in [7, 11) is 0. The highest BCUT2D eigenvalue weighted by Gasteiger charge is 2.39. The van der Waals surface area contributed by atoms with E-state index in [1.54, 1.807) is 0 Å². The van der Waals surface area contributed by atoms with Crippen LogP contribution in [0.3, 0.4) is 0 Å². The molecule has 3 rings (SSSR count). The summed E-state index contributed by atoms with van der Waals surface area (Å²) in [5.74, 6) is 0. The zero-order chi connectivity index (χ0) is 26.2. The molecule has 2 aromatic carbocycles. The summed E-state index contributed by atoms with van der Waals surface area (Å²) >= 11 is 5.18. The van der Waals surface area contributed by atoms with Crippen LogP contribution in [0.1, 0.15) is 11.1 Å². The standard InChI is InChI=1S/C7H2ClF3N2O4.C7H3F3N4O3/c8-6-4(7(9,10)11)1-3(12(14)15)2-5(6)13(16)17;8-7(9,10)4-1-3(14(16)17)2-5-6(4)11-12-13(5)15/h1-2H;1-2,15H. The molecule has 0 bridgehead atoms. The predicted molar refractivity (Wildman–Crippen MR) is 96.1 cm³/mol. The third-order valence-corrected chi connectivity index (χ3v) is 4.18. The number of nitrogens with zero attached hydrogens (tertiary/aromatic N) is 6. The average Bonchev–Trinajstić information content (AvgIpc) is 3.06. The summed E-state index contributed by atoms with van der Waals surface area (Å²) in [6.45, 7) is 0. The number of benzene rings is 2. The molecule has 20 heteroatoms. The van der Waals surface area contributed by atoms with Crippen molar-refractivity contribution in [2.75, 3.05) is 0 Å². The van der Waals surface area contributed by atoms with Crippen LogP contribution in [0.5, 0.6) is 0 Å². The zero-order valence-corrected chi connectivity index (χ0v) is 16.3. The van der Waals surface area contributed by atoms with Gasteiger partial charge in [-0.15, -0.1) is 5.10 Å². The highest BCUT2D eigenvalue weighted by molar-refractivity contribution is 6.33. The third kappa shape index (κ3) is 5.36.